The second kappa shape index (κ2) is 4.84. The summed E-state index contributed by atoms with van der Waals surface area (Å²) in [5, 5.41) is 19.2. The number of alkyl halides is 2. The van der Waals surface area contributed by atoms with Gasteiger partial charge in [-0.05, 0) is 6.07 Å². The van der Waals surface area contributed by atoms with E-state index in [-0.39, 0.29) is 11.3 Å². The zero-order valence-corrected chi connectivity index (χ0v) is 8.15. The summed E-state index contributed by atoms with van der Waals surface area (Å²) in [6, 6.07) is 1.10. The highest BCUT2D eigenvalue weighted by atomic mass is 19.3. The highest BCUT2D eigenvalue weighted by Crippen LogP contribution is 2.11. The number of amides is 1. The summed E-state index contributed by atoms with van der Waals surface area (Å²) in [5.41, 5.74) is -0.0336. The number of nitrogens with zero attached hydrogens (tertiary/aromatic N) is 1. The molecule has 7 heteroatoms. The number of hydrogen-bond donors (Lipinski definition) is 3. The van der Waals surface area contributed by atoms with Gasteiger partial charge in [-0.15, -0.1) is 0 Å². The topological polar surface area (TPSA) is 82.5 Å². The SMILES string of the molecule is O=C(NCC(F)(F)CO)c1cncc(O)c1. The minimum atomic E-state index is -3.36. The first-order valence-electron chi connectivity index (χ1n) is 4.35. The number of aromatic nitrogens is 1. The maximum Gasteiger partial charge on any atom is 0.287 e. The lowest BCUT2D eigenvalue weighted by Gasteiger charge is -2.13. The Morgan fingerprint density at radius 1 is 1.50 bits per heavy atom. The molecule has 1 rings (SSSR count). The van der Waals surface area contributed by atoms with E-state index in [4.69, 9.17) is 10.2 Å². The molecule has 1 heterocycles. The summed E-state index contributed by atoms with van der Waals surface area (Å²) >= 11 is 0. The number of pyridine rings is 1. The first-order chi connectivity index (χ1) is 7.44. The zero-order valence-electron chi connectivity index (χ0n) is 8.15. The smallest absolute Gasteiger partial charge is 0.287 e. The van der Waals surface area contributed by atoms with Gasteiger partial charge >= 0.3 is 0 Å². The Balaban J connectivity index is 2.60. The first-order valence-corrected chi connectivity index (χ1v) is 4.35. The van der Waals surface area contributed by atoms with Gasteiger partial charge in [0, 0.05) is 6.20 Å². The van der Waals surface area contributed by atoms with Crippen LogP contribution < -0.4 is 5.32 Å². The molecule has 3 N–H and O–H groups in total. The molecule has 0 aliphatic heterocycles. The first kappa shape index (κ1) is 12.3. The van der Waals surface area contributed by atoms with Gasteiger partial charge in [-0.2, -0.15) is 0 Å². The summed E-state index contributed by atoms with van der Waals surface area (Å²) < 4.78 is 25.2. The molecule has 0 unspecified atom stereocenters. The summed E-state index contributed by atoms with van der Waals surface area (Å²) in [7, 11) is 0. The van der Waals surface area contributed by atoms with Crippen molar-refractivity contribution in [3.05, 3.63) is 24.0 Å². The van der Waals surface area contributed by atoms with Crippen LogP contribution in [-0.4, -0.2) is 40.2 Å². The lowest BCUT2D eigenvalue weighted by Crippen LogP contribution is -2.38. The third kappa shape index (κ3) is 3.43. The van der Waals surface area contributed by atoms with Gasteiger partial charge in [0.05, 0.1) is 18.3 Å². The van der Waals surface area contributed by atoms with Crippen molar-refractivity contribution in [3.63, 3.8) is 0 Å². The number of carbonyl (C=O) groups excluding carboxylic acids is 1. The number of aliphatic hydroxyl groups excluding tert-OH is 1. The second-order valence-electron chi connectivity index (χ2n) is 3.13. The number of rotatable bonds is 4. The quantitative estimate of drug-likeness (QED) is 0.689. The molecular formula is C9H10F2N2O3. The van der Waals surface area contributed by atoms with E-state index in [9.17, 15) is 13.6 Å². The van der Waals surface area contributed by atoms with Crippen molar-refractivity contribution in [1.82, 2.24) is 10.3 Å². The molecule has 0 aromatic carbocycles. The monoisotopic (exact) mass is 232 g/mol. The van der Waals surface area contributed by atoms with Crippen LogP contribution in [0.2, 0.25) is 0 Å². The molecule has 0 saturated heterocycles. The molecular weight excluding hydrogens is 222 g/mol. The summed E-state index contributed by atoms with van der Waals surface area (Å²) in [6.45, 7) is -2.32. The normalized spacial score (nSPS) is 11.2. The van der Waals surface area contributed by atoms with E-state index in [0.717, 1.165) is 18.5 Å². The van der Waals surface area contributed by atoms with Crippen LogP contribution in [0.1, 0.15) is 10.4 Å². The zero-order chi connectivity index (χ0) is 12.2. The van der Waals surface area contributed by atoms with Crippen LogP contribution in [0.4, 0.5) is 8.78 Å². The van der Waals surface area contributed by atoms with Crippen LogP contribution >= 0.6 is 0 Å². The van der Waals surface area contributed by atoms with E-state index >= 15 is 0 Å². The lowest BCUT2D eigenvalue weighted by molar-refractivity contribution is -0.0462. The third-order valence-corrected chi connectivity index (χ3v) is 1.72. The fraction of sp³-hybridized carbons (Fsp3) is 0.333. The Morgan fingerprint density at radius 3 is 2.75 bits per heavy atom. The largest absolute Gasteiger partial charge is 0.506 e. The molecule has 0 atom stereocenters. The second-order valence-corrected chi connectivity index (χ2v) is 3.13. The number of halogens is 2. The van der Waals surface area contributed by atoms with Gasteiger partial charge < -0.3 is 15.5 Å². The predicted octanol–water partition coefficient (Wildman–Crippen LogP) is 0.145. The summed E-state index contributed by atoms with van der Waals surface area (Å²) in [5.74, 6) is -4.39. The maximum absolute atomic E-state index is 12.6. The summed E-state index contributed by atoms with van der Waals surface area (Å²) in [4.78, 5) is 14.8. The molecule has 0 radical (unpaired) electrons. The van der Waals surface area contributed by atoms with Crippen LogP contribution in [-0.2, 0) is 0 Å². The molecule has 5 nitrogen and oxygen atoms in total. The standard InChI is InChI=1S/C9H10F2N2O3/c10-9(11,5-14)4-13-8(16)6-1-7(15)3-12-2-6/h1-3,14-15H,4-5H2,(H,13,16). The average molecular weight is 232 g/mol. The van der Waals surface area contributed by atoms with Crippen molar-refractivity contribution < 1.29 is 23.8 Å². The van der Waals surface area contributed by atoms with E-state index in [0.29, 0.717) is 0 Å². The van der Waals surface area contributed by atoms with Crippen LogP contribution in [0, 0.1) is 0 Å². The molecule has 1 aromatic heterocycles. The number of aromatic hydroxyl groups is 1. The minimum absolute atomic E-state index is 0.0336. The molecule has 0 spiro atoms. The Kier molecular flexibility index (Phi) is 3.73. The fourth-order valence-electron chi connectivity index (χ4n) is 0.920. The van der Waals surface area contributed by atoms with Crippen LogP contribution in [0.15, 0.2) is 18.5 Å². The number of aliphatic hydroxyl groups is 1. The van der Waals surface area contributed by atoms with E-state index in [2.05, 4.69) is 4.98 Å². The summed E-state index contributed by atoms with van der Waals surface area (Å²) in [6.07, 6.45) is 2.24. The number of nitrogens with one attached hydrogen (secondary N) is 1. The Morgan fingerprint density at radius 2 is 2.19 bits per heavy atom. The van der Waals surface area contributed by atoms with Gasteiger partial charge in [0.25, 0.3) is 11.8 Å². The van der Waals surface area contributed by atoms with Crippen LogP contribution in [0.25, 0.3) is 0 Å². The van der Waals surface area contributed by atoms with Gasteiger partial charge in [0.2, 0.25) is 0 Å². The molecule has 0 saturated carbocycles. The van der Waals surface area contributed by atoms with E-state index in [1.165, 1.54) is 0 Å². The van der Waals surface area contributed by atoms with Gasteiger partial charge in [0.1, 0.15) is 12.4 Å². The Labute approximate surface area is 89.7 Å². The van der Waals surface area contributed by atoms with Crippen molar-refractivity contribution in [2.75, 3.05) is 13.2 Å². The predicted molar refractivity (Wildman–Crippen MR) is 50.3 cm³/mol. The van der Waals surface area contributed by atoms with Gasteiger partial charge in [0.15, 0.2) is 0 Å². The third-order valence-electron chi connectivity index (χ3n) is 1.72. The highest BCUT2D eigenvalue weighted by molar-refractivity contribution is 5.94. The van der Waals surface area contributed by atoms with Gasteiger partial charge in [-0.25, -0.2) is 8.78 Å². The molecule has 88 valence electrons. The van der Waals surface area contributed by atoms with Crippen molar-refractivity contribution in [2.24, 2.45) is 0 Å². The molecule has 0 aliphatic rings. The molecule has 0 fully saturated rings. The van der Waals surface area contributed by atoms with Crippen LogP contribution in [0.5, 0.6) is 5.75 Å². The molecule has 1 amide bonds. The van der Waals surface area contributed by atoms with Gasteiger partial charge in [-0.3, -0.25) is 9.78 Å². The van der Waals surface area contributed by atoms with E-state index in [1.54, 1.807) is 0 Å². The van der Waals surface area contributed by atoms with Gasteiger partial charge in [-0.1, -0.05) is 0 Å². The molecule has 0 bridgehead atoms. The van der Waals surface area contributed by atoms with E-state index in [1.807, 2.05) is 5.32 Å². The minimum Gasteiger partial charge on any atom is -0.506 e. The Hall–Kier alpha value is -1.76. The van der Waals surface area contributed by atoms with Crippen molar-refractivity contribution in [3.8, 4) is 5.75 Å². The molecule has 16 heavy (non-hydrogen) atoms. The van der Waals surface area contributed by atoms with Crippen molar-refractivity contribution in [2.45, 2.75) is 5.92 Å². The fourth-order valence-corrected chi connectivity index (χ4v) is 0.920. The maximum atomic E-state index is 12.6. The van der Waals surface area contributed by atoms with E-state index < -0.39 is 25.0 Å². The van der Waals surface area contributed by atoms with Crippen molar-refractivity contribution in [1.29, 1.82) is 0 Å². The van der Waals surface area contributed by atoms with Crippen molar-refractivity contribution >= 4 is 5.91 Å². The number of hydrogen-bond acceptors (Lipinski definition) is 4. The lowest BCUT2D eigenvalue weighted by atomic mass is 10.2. The molecule has 1 aromatic rings. The highest BCUT2D eigenvalue weighted by Gasteiger charge is 2.28. The van der Waals surface area contributed by atoms with Crippen LogP contribution in [0.3, 0.4) is 0 Å². The number of carbonyl (C=O) groups is 1. The average Bonchev–Trinajstić information content (AvgIpc) is 2.26. The Bertz CT molecular complexity index is 385. The molecule has 0 aliphatic carbocycles.